The monoisotopic (exact) mass is 276 g/mol. The summed E-state index contributed by atoms with van der Waals surface area (Å²) in [5, 5.41) is -0.945. The number of amides is 1. The fraction of sp³-hybridized carbons (Fsp3) is 0.300. The lowest BCUT2D eigenvalue weighted by molar-refractivity contribution is -0.117. The van der Waals surface area contributed by atoms with Gasteiger partial charge in [-0.3, -0.25) is 4.79 Å². The summed E-state index contributed by atoms with van der Waals surface area (Å²) in [6, 6.07) is 4.00. The van der Waals surface area contributed by atoms with Gasteiger partial charge in [0.1, 0.15) is 5.25 Å². The Bertz CT molecular complexity index is 542. The summed E-state index contributed by atoms with van der Waals surface area (Å²) in [5.41, 5.74) is 10.7. The zero-order chi connectivity index (χ0) is 13.2. The van der Waals surface area contributed by atoms with Crippen LogP contribution >= 0.6 is 11.6 Å². The van der Waals surface area contributed by atoms with Crippen LogP contribution in [-0.2, 0) is 14.6 Å². The molecular weight excluding hydrogens is 264 g/mol. The van der Waals surface area contributed by atoms with Crippen molar-refractivity contribution < 1.29 is 13.2 Å². The molecule has 5 nitrogen and oxygen atoms in total. The molecule has 0 saturated carbocycles. The van der Waals surface area contributed by atoms with Crippen LogP contribution in [0.5, 0.6) is 0 Å². The summed E-state index contributed by atoms with van der Waals surface area (Å²) < 4.78 is 24.2. The van der Waals surface area contributed by atoms with Gasteiger partial charge in [-0.25, -0.2) is 8.42 Å². The Morgan fingerprint density at radius 2 is 2.06 bits per heavy atom. The van der Waals surface area contributed by atoms with E-state index in [2.05, 4.69) is 0 Å². The van der Waals surface area contributed by atoms with Gasteiger partial charge < -0.3 is 11.5 Å². The molecule has 0 aromatic heterocycles. The van der Waals surface area contributed by atoms with Crippen molar-refractivity contribution in [3.63, 3.8) is 0 Å². The van der Waals surface area contributed by atoms with E-state index in [-0.39, 0.29) is 17.0 Å². The molecule has 0 spiro atoms. The average Bonchev–Trinajstić information content (AvgIpc) is 2.16. The Balaban J connectivity index is 3.35. The minimum absolute atomic E-state index is 0.0113. The van der Waals surface area contributed by atoms with E-state index in [1.807, 2.05) is 0 Å². The van der Waals surface area contributed by atoms with E-state index < -0.39 is 21.0 Å². The third-order valence-corrected chi connectivity index (χ3v) is 4.88. The molecule has 0 saturated heterocycles. The second-order valence-electron chi connectivity index (χ2n) is 3.53. The minimum atomic E-state index is -3.86. The lowest BCUT2D eigenvalue weighted by Gasteiger charge is -2.14. The van der Waals surface area contributed by atoms with Crippen molar-refractivity contribution in [2.45, 2.75) is 23.5 Å². The lowest BCUT2D eigenvalue weighted by atomic mass is 10.3. The van der Waals surface area contributed by atoms with Crippen molar-refractivity contribution in [2.75, 3.05) is 5.73 Å². The minimum Gasteiger partial charge on any atom is -0.398 e. The van der Waals surface area contributed by atoms with E-state index in [1.54, 1.807) is 6.92 Å². The second kappa shape index (κ2) is 4.93. The first-order valence-corrected chi connectivity index (χ1v) is 6.81. The molecular formula is C10H13ClN2O3S. The fourth-order valence-electron chi connectivity index (χ4n) is 1.51. The van der Waals surface area contributed by atoms with Crippen LogP contribution in [-0.4, -0.2) is 19.6 Å². The van der Waals surface area contributed by atoms with E-state index in [1.165, 1.54) is 18.2 Å². The Morgan fingerprint density at radius 1 is 1.47 bits per heavy atom. The van der Waals surface area contributed by atoms with Crippen molar-refractivity contribution in [2.24, 2.45) is 5.73 Å². The summed E-state index contributed by atoms with van der Waals surface area (Å²) in [6.07, 6.45) is 0.0970. The number of nitrogens with two attached hydrogens (primary N) is 2. The van der Waals surface area contributed by atoms with Crippen LogP contribution in [0.2, 0.25) is 5.02 Å². The number of anilines is 1. The van der Waals surface area contributed by atoms with Crippen molar-refractivity contribution in [3.05, 3.63) is 23.2 Å². The zero-order valence-electron chi connectivity index (χ0n) is 9.18. The van der Waals surface area contributed by atoms with E-state index in [0.717, 1.165) is 0 Å². The molecule has 94 valence electrons. The predicted octanol–water partition coefficient (Wildman–Crippen LogP) is 0.960. The molecule has 1 amide bonds. The van der Waals surface area contributed by atoms with Gasteiger partial charge in [0.2, 0.25) is 5.91 Å². The Kier molecular flexibility index (Phi) is 4.00. The van der Waals surface area contributed by atoms with Crippen LogP contribution in [0, 0.1) is 0 Å². The predicted molar refractivity (Wildman–Crippen MR) is 66.3 cm³/mol. The number of carbonyl (C=O) groups is 1. The maximum Gasteiger partial charge on any atom is 0.236 e. The molecule has 0 fully saturated rings. The lowest BCUT2D eigenvalue weighted by Crippen LogP contribution is -2.35. The van der Waals surface area contributed by atoms with Gasteiger partial charge in [-0.05, 0) is 24.6 Å². The number of primary amides is 1. The van der Waals surface area contributed by atoms with Gasteiger partial charge in [-0.15, -0.1) is 0 Å². The molecule has 7 heteroatoms. The number of rotatable bonds is 4. The quantitative estimate of drug-likeness (QED) is 0.799. The summed E-state index contributed by atoms with van der Waals surface area (Å²) in [4.78, 5) is 11.0. The molecule has 0 aliphatic carbocycles. The zero-order valence-corrected chi connectivity index (χ0v) is 10.8. The number of nitrogen functional groups attached to an aromatic ring is 1. The SMILES string of the molecule is CCC(C(N)=O)S(=O)(=O)c1ccc(Cl)cc1N. The first-order chi connectivity index (χ1) is 7.80. The highest BCUT2D eigenvalue weighted by atomic mass is 35.5. The summed E-state index contributed by atoms with van der Waals surface area (Å²) in [7, 11) is -3.86. The summed E-state index contributed by atoms with van der Waals surface area (Å²) >= 11 is 5.68. The molecule has 1 unspecified atom stereocenters. The fourth-order valence-corrected chi connectivity index (χ4v) is 3.38. The topological polar surface area (TPSA) is 103 Å². The van der Waals surface area contributed by atoms with Gasteiger partial charge in [-0.2, -0.15) is 0 Å². The highest BCUT2D eigenvalue weighted by Crippen LogP contribution is 2.26. The van der Waals surface area contributed by atoms with E-state index in [0.29, 0.717) is 5.02 Å². The maximum atomic E-state index is 12.1. The van der Waals surface area contributed by atoms with Crippen LogP contribution in [0.3, 0.4) is 0 Å². The van der Waals surface area contributed by atoms with Crippen molar-refractivity contribution in [3.8, 4) is 0 Å². The van der Waals surface area contributed by atoms with Crippen LogP contribution in [0.1, 0.15) is 13.3 Å². The number of sulfone groups is 1. The molecule has 1 rings (SSSR count). The number of hydrogen-bond acceptors (Lipinski definition) is 4. The Hall–Kier alpha value is -1.27. The molecule has 0 bridgehead atoms. The highest BCUT2D eigenvalue weighted by molar-refractivity contribution is 7.93. The molecule has 0 heterocycles. The van der Waals surface area contributed by atoms with Gasteiger partial charge in [0.05, 0.1) is 10.6 Å². The third kappa shape index (κ3) is 2.70. The average molecular weight is 277 g/mol. The molecule has 1 aromatic rings. The molecule has 0 radical (unpaired) electrons. The van der Waals surface area contributed by atoms with Crippen molar-refractivity contribution in [1.82, 2.24) is 0 Å². The first kappa shape index (κ1) is 13.8. The molecule has 4 N–H and O–H groups in total. The van der Waals surface area contributed by atoms with Crippen LogP contribution in [0.25, 0.3) is 0 Å². The second-order valence-corrected chi connectivity index (χ2v) is 6.06. The number of benzene rings is 1. The van der Waals surface area contributed by atoms with Crippen molar-refractivity contribution >= 4 is 33.0 Å². The smallest absolute Gasteiger partial charge is 0.236 e. The highest BCUT2D eigenvalue weighted by Gasteiger charge is 2.32. The van der Waals surface area contributed by atoms with Gasteiger partial charge in [0.15, 0.2) is 9.84 Å². The third-order valence-electron chi connectivity index (χ3n) is 2.34. The van der Waals surface area contributed by atoms with Gasteiger partial charge >= 0.3 is 0 Å². The molecule has 17 heavy (non-hydrogen) atoms. The molecule has 1 atom stereocenters. The van der Waals surface area contributed by atoms with Gasteiger partial charge in [-0.1, -0.05) is 18.5 Å². The Labute approximate surface area is 105 Å². The first-order valence-electron chi connectivity index (χ1n) is 4.89. The molecule has 0 aliphatic heterocycles. The van der Waals surface area contributed by atoms with Crippen LogP contribution in [0.15, 0.2) is 23.1 Å². The molecule has 1 aromatic carbocycles. The van der Waals surface area contributed by atoms with E-state index in [9.17, 15) is 13.2 Å². The van der Waals surface area contributed by atoms with E-state index >= 15 is 0 Å². The van der Waals surface area contributed by atoms with Crippen LogP contribution < -0.4 is 11.5 Å². The largest absolute Gasteiger partial charge is 0.398 e. The van der Waals surface area contributed by atoms with Crippen molar-refractivity contribution in [1.29, 1.82) is 0 Å². The number of hydrogen-bond donors (Lipinski definition) is 2. The summed E-state index contributed by atoms with van der Waals surface area (Å²) in [5.74, 6) is -0.887. The van der Waals surface area contributed by atoms with E-state index in [4.69, 9.17) is 23.1 Å². The molecule has 0 aliphatic rings. The van der Waals surface area contributed by atoms with Gasteiger partial charge in [0.25, 0.3) is 0 Å². The van der Waals surface area contributed by atoms with Crippen LogP contribution in [0.4, 0.5) is 5.69 Å². The number of halogens is 1. The van der Waals surface area contributed by atoms with Gasteiger partial charge in [0, 0.05) is 5.02 Å². The number of carbonyl (C=O) groups excluding carboxylic acids is 1. The normalized spacial score (nSPS) is 13.3. The Morgan fingerprint density at radius 3 is 2.47 bits per heavy atom. The maximum absolute atomic E-state index is 12.1. The summed E-state index contributed by atoms with van der Waals surface area (Å²) in [6.45, 7) is 1.57. The standard InChI is InChI=1S/C10H13ClN2O3S/c1-2-8(10(13)14)17(15,16)9-4-3-6(11)5-7(9)12/h3-5,8H,2,12H2,1H3,(H2,13,14).